The minimum Gasteiger partial charge on any atom is -0.341 e. The van der Waals surface area contributed by atoms with Crippen LogP contribution in [0.1, 0.15) is 82.8 Å². The summed E-state index contributed by atoms with van der Waals surface area (Å²) in [5.74, 6) is 1.18. The van der Waals surface area contributed by atoms with Crippen molar-refractivity contribution in [3.8, 4) is 0 Å². The summed E-state index contributed by atoms with van der Waals surface area (Å²) in [5.41, 5.74) is 1.31. The second-order valence-corrected chi connectivity index (χ2v) is 10.3. The summed E-state index contributed by atoms with van der Waals surface area (Å²) < 4.78 is 0. The first kappa shape index (κ1) is 20.8. The first-order valence-corrected chi connectivity index (χ1v) is 11.7. The number of thiazole rings is 1. The van der Waals surface area contributed by atoms with Crippen LogP contribution in [-0.4, -0.2) is 46.9 Å². The lowest BCUT2D eigenvalue weighted by molar-refractivity contribution is -0.131. The Labute approximate surface area is 169 Å². The molecule has 0 N–H and O–H groups in total. The number of hydrogen-bond acceptors (Lipinski definition) is 4. The molecule has 1 aromatic heterocycles. The van der Waals surface area contributed by atoms with E-state index in [0.29, 0.717) is 5.91 Å². The maximum atomic E-state index is 12.7. The Bertz CT molecular complexity index is 601. The quantitative estimate of drug-likeness (QED) is 0.721. The van der Waals surface area contributed by atoms with E-state index in [0.717, 1.165) is 57.9 Å². The summed E-state index contributed by atoms with van der Waals surface area (Å²) in [6, 6.07) is 0. The highest BCUT2D eigenvalue weighted by Gasteiger charge is 2.22. The molecule has 0 radical (unpaired) electrons. The van der Waals surface area contributed by atoms with E-state index < -0.39 is 0 Å². The highest BCUT2D eigenvalue weighted by atomic mass is 32.1. The third-order valence-electron chi connectivity index (χ3n) is 6.01. The molecule has 0 bridgehead atoms. The van der Waals surface area contributed by atoms with E-state index >= 15 is 0 Å². The van der Waals surface area contributed by atoms with Crippen molar-refractivity contribution in [3.05, 3.63) is 16.1 Å². The Morgan fingerprint density at radius 2 is 1.89 bits per heavy atom. The number of carbonyl (C=O) groups is 1. The fourth-order valence-corrected chi connectivity index (χ4v) is 5.19. The number of carbonyl (C=O) groups excluding carboxylic acids is 1. The SMILES string of the molecule is CC(C)(C)c1nc(CN2CCCN(C(=O)CCC3CCCCC3)CC2)cs1. The number of rotatable bonds is 5. The highest BCUT2D eigenvalue weighted by Crippen LogP contribution is 2.28. The predicted octanol–water partition coefficient (Wildman–Crippen LogP) is 4.84. The fraction of sp³-hybridized carbons (Fsp3) is 0.818. The van der Waals surface area contributed by atoms with Crippen LogP contribution in [0.2, 0.25) is 0 Å². The van der Waals surface area contributed by atoms with Crippen molar-refractivity contribution >= 4 is 17.2 Å². The third kappa shape index (κ3) is 6.28. The van der Waals surface area contributed by atoms with E-state index in [2.05, 4.69) is 36.0 Å². The van der Waals surface area contributed by atoms with Crippen LogP contribution in [0.5, 0.6) is 0 Å². The van der Waals surface area contributed by atoms with E-state index in [4.69, 9.17) is 4.98 Å². The van der Waals surface area contributed by atoms with E-state index in [9.17, 15) is 4.79 Å². The smallest absolute Gasteiger partial charge is 0.222 e. The van der Waals surface area contributed by atoms with Crippen LogP contribution >= 0.6 is 11.3 Å². The molecule has 0 atom stereocenters. The largest absolute Gasteiger partial charge is 0.341 e. The maximum Gasteiger partial charge on any atom is 0.222 e. The van der Waals surface area contributed by atoms with Gasteiger partial charge in [0.05, 0.1) is 10.7 Å². The second-order valence-electron chi connectivity index (χ2n) is 9.45. The van der Waals surface area contributed by atoms with Crippen LogP contribution in [0.15, 0.2) is 5.38 Å². The Hall–Kier alpha value is -0.940. The maximum absolute atomic E-state index is 12.7. The number of aromatic nitrogens is 1. The number of hydrogen-bond donors (Lipinski definition) is 0. The molecule has 152 valence electrons. The van der Waals surface area contributed by atoms with Crippen LogP contribution in [0, 0.1) is 5.92 Å². The highest BCUT2D eigenvalue weighted by molar-refractivity contribution is 7.09. The summed E-state index contributed by atoms with van der Waals surface area (Å²) in [5, 5.41) is 3.42. The summed E-state index contributed by atoms with van der Waals surface area (Å²) in [4.78, 5) is 22.1. The molecule has 1 aliphatic heterocycles. The van der Waals surface area contributed by atoms with Gasteiger partial charge < -0.3 is 4.90 Å². The summed E-state index contributed by atoms with van der Waals surface area (Å²) in [6.07, 6.45) is 9.74. The molecular formula is C22H37N3OS. The van der Waals surface area contributed by atoms with E-state index in [1.165, 1.54) is 42.8 Å². The molecule has 3 rings (SSSR count). The molecule has 27 heavy (non-hydrogen) atoms. The monoisotopic (exact) mass is 391 g/mol. The van der Waals surface area contributed by atoms with Crippen molar-refractivity contribution in [1.29, 1.82) is 0 Å². The van der Waals surface area contributed by atoms with Crippen molar-refractivity contribution < 1.29 is 4.79 Å². The van der Waals surface area contributed by atoms with Gasteiger partial charge in [0.2, 0.25) is 5.91 Å². The normalized spacial score (nSPS) is 20.6. The molecule has 1 aliphatic carbocycles. The van der Waals surface area contributed by atoms with Gasteiger partial charge in [0.1, 0.15) is 0 Å². The Morgan fingerprint density at radius 1 is 1.11 bits per heavy atom. The lowest BCUT2D eigenvalue weighted by Gasteiger charge is -2.24. The Kier molecular flexibility index (Phi) is 7.32. The minimum atomic E-state index is 0.128. The van der Waals surface area contributed by atoms with Crippen LogP contribution in [0.3, 0.4) is 0 Å². The molecule has 1 aromatic rings. The van der Waals surface area contributed by atoms with Crippen LogP contribution < -0.4 is 0 Å². The minimum absolute atomic E-state index is 0.128. The van der Waals surface area contributed by atoms with Gasteiger partial charge in [0.15, 0.2) is 0 Å². The fourth-order valence-electron chi connectivity index (χ4n) is 4.29. The van der Waals surface area contributed by atoms with E-state index in [-0.39, 0.29) is 5.41 Å². The van der Waals surface area contributed by atoms with Crippen molar-refractivity contribution in [2.45, 2.75) is 84.1 Å². The lowest BCUT2D eigenvalue weighted by atomic mass is 9.86. The molecule has 2 fully saturated rings. The van der Waals surface area contributed by atoms with Crippen LogP contribution in [0.25, 0.3) is 0 Å². The van der Waals surface area contributed by atoms with Gasteiger partial charge in [-0.3, -0.25) is 9.69 Å². The molecule has 1 amide bonds. The van der Waals surface area contributed by atoms with Gasteiger partial charge in [-0.2, -0.15) is 0 Å². The zero-order valence-electron chi connectivity index (χ0n) is 17.5. The zero-order valence-corrected chi connectivity index (χ0v) is 18.3. The van der Waals surface area contributed by atoms with Gasteiger partial charge in [0.25, 0.3) is 0 Å². The van der Waals surface area contributed by atoms with Crippen molar-refractivity contribution in [2.75, 3.05) is 26.2 Å². The standard InChI is InChI=1S/C22H37N3OS/c1-22(2,3)21-23-19(17-27-21)16-24-12-7-13-25(15-14-24)20(26)11-10-18-8-5-4-6-9-18/h17-18H,4-16H2,1-3H3. The molecule has 2 heterocycles. The third-order valence-corrected chi connectivity index (χ3v) is 7.33. The molecule has 5 heteroatoms. The van der Waals surface area contributed by atoms with Gasteiger partial charge >= 0.3 is 0 Å². The topological polar surface area (TPSA) is 36.4 Å². The summed E-state index contributed by atoms with van der Waals surface area (Å²) >= 11 is 1.77. The van der Waals surface area contributed by atoms with Crippen molar-refractivity contribution in [3.63, 3.8) is 0 Å². The van der Waals surface area contributed by atoms with E-state index in [1.54, 1.807) is 11.3 Å². The summed E-state index contributed by atoms with van der Waals surface area (Å²) in [6.45, 7) is 11.4. The zero-order chi connectivity index (χ0) is 19.3. The molecule has 2 aliphatic rings. The van der Waals surface area contributed by atoms with Gasteiger partial charge in [-0.25, -0.2) is 4.98 Å². The van der Waals surface area contributed by atoms with E-state index in [1.807, 2.05) is 0 Å². The first-order chi connectivity index (χ1) is 12.9. The molecule has 0 unspecified atom stereocenters. The van der Waals surface area contributed by atoms with Gasteiger partial charge in [-0.15, -0.1) is 11.3 Å². The molecule has 1 saturated carbocycles. The molecule has 4 nitrogen and oxygen atoms in total. The summed E-state index contributed by atoms with van der Waals surface area (Å²) in [7, 11) is 0. The Morgan fingerprint density at radius 3 is 2.59 bits per heavy atom. The van der Waals surface area contributed by atoms with Crippen molar-refractivity contribution in [1.82, 2.24) is 14.8 Å². The molecular weight excluding hydrogens is 354 g/mol. The average Bonchev–Trinajstić information content (AvgIpc) is 3.00. The first-order valence-electron chi connectivity index (χ1n) is 10.9. The lowest BCUT2D eigenvalue weighted by Crippen LogP contribution is -2.35. The second kappa shape index (κ2) is 9.51. The molecule has 1 saturated heterocycles. The number of nitrogens with zero attached hydrogens (tertiary/aromatic N) is 3. The van der Waals surface area contributed by atoms with Gasteiger partial charge in [-0.05, 0) is 18.8 Å². The van der Waals surface area contributed by atoms with Crippen LogP contribution in [-0.2, 0) is 16.8 Å². The molecule has 0 spiro atoms. The number of amides is 1. The Balaban J connectivity index is 1.44. The average molecular weight is 392 g/mol. The molecule has 0 aromatic carbocycles. The predicted molar refractivity (Wildman–Crippen MR) is 113 cm³/mol. The van der Waals surface area contributed by atoms with Crippen molar-refractivity contribution in [2.24, 2.45) is 5.92 Å². The van der Waals surface area contributed by atoms with Gasteiger partial charge in [0, 0.05) is 49.9 Å². The van der Waals surface area contributed by atoms with Crippen LogP contribution in [0.4, 0.5) is 0 Å². The van der Waals surface area contributed by atoms with Gasteiger partial charge in [-0.1, -0.05) is 52.9 Å².